The summed E-state index contributed by atoms with van der Waals surface area (Å²) in [5.41, 5.74) is 0.240. The van der Waals surface area contributed by atoms with Crippen LogP contribution in [0.2, 0.25) is 5.02 Å². The third kappa shape index (κ3) is 4.58. The second-order valence-corrected chi connectivity index (χ2v) is 6.24. The van der Waals surface area contributed by atoms with Crippen LogP contribution in [0, 0.1) is 5.92 Å². The molecule has 1 N–H and O–H groups in total. The number of halogens is 1. The highest BCUT2D eigenvalue weighted by Crippen LogP contribution is 2.25. The summed E-state index contributed by atoms with van der Waals surface area (Å²) in [5.74, 6) is -0.810. The molecule has 132 valence electrons. The zero-order chi connectivity index (χ0) is 17.7. The fourth-order valence-electron chi connectivity index (χ4n) is 2.25. The van der Waals surface area contributed by atoms with Gasteiger partial charge in [0.05, 0.1) is 25.9 Å². The second-order valence-electron chi connectivity index (χ2n) is 5.83. The predicted molar refractivity (Wildman–Crippen MR) is 87.2 cm³/mol. The van der Waals surface area contributed by atoms with Gasteiger partial charge in [0.1, 0.15) is 17.2 Å². The Hall–Kier alpha value is -1.86. The number of ether oxygens (including phenoxy) is 3. The van der Waals surface area contributed by atoms with E-state index in [-0.39, 0.29) is 28.5 Å². The van der Waals surface area contributed by atoms with Gasteiger partial charge in [-0.05, 0) is 12.0 Å². The molecule has 1 fully saturated rings. The Balaban J connectivity index is 2.06. The Morgan fingerprint density at radius 3 is 2.75 bits per heavy atom. The highest BCUT2D eigenvalue weighted by molar-refractivity contribution is 6.32. The van der Waals surface area contributed by atoms with E-state index in [1.54, 1.807) is 0 Å². The molecule has 0 saturated carbocycles. The van der Waals surface area contributed by atoms with E-state index in [1.165, 1.54) is 19.4 Å². The molecule has 2 heterocycles. The van der Waals surface area contributed by atoms with Gasteiger partial charge >= 0.3 is 5.97 Å². The number of aromatic nitrogens is 1. The van der Waals surface area contributed by atoms with Crippen LogP contribution in [0.25, 0.3) is 0 Å². The molecule has 1 aliphatic rings. The summed E-state index contributed by atoms with van der Waals surface area (Å²) in [5, 5.41) is 2.86. The fraction of sp³-hybridized carbons (Fsp3) is 0.562. The molecule has 1 amide bonds. The van der Waals surface area contributed by atoms with Gasteiger partial charge in [0.15, 0.2) is 0 Å². The molecule has 2 unspecified atom stereocenters. The van der Waals surface area contributed by atoms with Crippen LogP contribution >= 0.6 is 11.6 Å². The van der Waals surface area contributed by atoms with Crippen molar-refractivity contribution in [2.75, 3.05) is 20.3 Å². The number of hydrogen-bond donors (Lipinski definition) is 1. The van der Waals surface area contributed by atoms with E-state index in [1.807, 2.05) is 13.8 Å². The van der Waals surface area contributed by atoms with Crippen LogP contribution in [0.15, 0.2) is 12.3 Å². The maximum Gasteiger partial charge on any atom is 0.328 e. The Kier molecular flexibility index (Phi) is 6.39. The van der Waals surface area contributed by atoms with Crippen LogP contribution in [0.1, 0.15) is 30.6 Å². The Labute approximate surface area is 145 Å². The first-order chi connectivity index (χ1) is 11.4. The monoisotopic (exact) mass is 356 g/mol. The number of pyridine rings is 1. The predicted octanol–water partition coefficient (Wildman–Crippen LogP) is 1.83. The van der Waals surface area contributed by atoms with E-state index < -0.39 is 17.9 Å². The molecule has 8 heteroatoms. The molecular formula is C16H21ClN2O5. The average Bonchev–Trinajstić information content (AvgIpc) is 3.06. The minimum absolute atomic E-state index is 0.0840. The van der Waals surface area contributed by atoms with Gasteiger partial charge in [-0.2, -0.15) is 0 Å². The number of esters is 1. The standard InChI is InChI=1S/C16H21ClN2O5/c1-9(2)13(16(21)22-3)19-14(20)10-6-12(17)15(18-7-10)24-11-4-5-23-8-11/h6-7,9,11,13H,4-5,8H2,1-3H3,(H,19,20). The van der Waals surface area contributed by atoms with Crippen molar-refractivity contribution in [1.29, 1.82) is 0 Å². The van der Waals surface area contributed by atoms with Crippen LogP contribution in [0.3, 0.4) is 0 Å². The highest BCUT2D eigenvalue weighted by Gasteiger charge is 2.26. The maximum absolute atomic E-state index is 12.3. The fourth-order valence-corrected chi connectivity index (χ4v) is 2.46. The van der Waals surface area contributed by atoms with E-state index >= 15 is 0 Å². The molecule has 0 bridgehead atoms. The van der Waals surface area contributed by atoms with Crippen molar-refractivity contribution in [2.24, 2.45) is 5.92 Å². The molecule has 7 nitrogen and oxygen atoms in total. The lowest BCUT2D eigenvalue weighted by Crippen LogP contribution is -2.45. The molecule has 1 aromatic heterocycles. The first-order valence-electron chi connectivity index (χ1n) is 7.71. The number of hydrogen-bond acceptors (Lipinski definition) is 6. The van der Waals surface area contributed by atoms with Crippen molar-refractivity contribution in [1.82, 2.24) is 10.3 Å². The SMILES string of the molecule is COC(=O)C(NC(=O)c1cnc(OC2CCOC2)c(Cl)c1)C(C)C. The van der Waals surface area contributed by atoms with Gasteiger partial charge in [0.2, 0.25) is 5.88 Å². The van der Waals surface area contributed by atoms with Gasteiger partial charge < -0.3 is 19.5 Å². The second kappa shape index (κ2) is 8.30. The van der Waals surface area contributed by atoms with Crippen LogP contribution in [0.4, 0.5) is 0 Å². The molecule has 2 atom stereocenters. The van der Waals surface area contributed by atoms with Gasteiger partial charge in [0.25, 0.3) is 5.91 Å². The van der Waals surface area contributed by atoms with Gasteiger partial charge in [0, 0.05) is 12.6 Å². The van der Waals surface area contributed by atoms with Crippen molar-refractivity contribution in [3.8, 4) is 5.88 Å². The molecule has 24 heavy (non-hydrogen) atoms. The topological polar surface area (TPSA) is 86.8 Å². The third-order valence-electron chi connectivity index (χ3n) is 3.64. The van der Waals surface area contributed by atoms with Crippen molar-refractivity contribution < 1.29 is 23.8 Å². The third-order valence-corrected chi connectivity index (χ3v) is 3.91. The Bertz CT molecular complexity index is 602. The lowest BCUT2D eigenvalue weighted by Gasteiger charge is -2.20. The Morgan fingerprint density at radius 2 is 2.21 bits per heavy atom. The van der Waals surface area contributed by atoms with Gasteiger partial charge in [-0.15, -0.1) is 0 Å². The summed E-state index contributed by atoms with van der Waals surface area (Å²) in [6.07, 6.45) is 2.05. The van der Waals surface area contributed by atoms with Crippen molar-refractivity contribution in [3.05, 3.63) is 22.8 Å². The van der Waals surface area contributed by atoms with Crippen LogP contribution in [-0.2, 0) is 14.3 Å². The van der Waals surface area contributed by atoms with E-state index in [0.29, 0.717) is 13.2 Å². The lowest BCUT2D eigenvalue weighted by molar-refractivity contribution is -0.144. The van der Waals surface area contributed by atoms with E-state index in [2.05, 4.69) is 10.3 Å². The van der Waals surface area contributed by atoms with Gasteiger partial charge in [-0.1, -0.05) is 25.4 Å². The molecule has 1 aliphatic heterocycles. The summed E-state index contributed by atoms with van der Waals surface area (Å²) >= 11 is 6.14. The number of amides is 1. The number of nitrogens with zero attached hydrogens (tertiary/aromatic N) is 1. The van der Waals surface area contributed by atoms with E-state index in [9.17, 15) is 9.59 Å². The molecule has 1 saturated heterocycles. The maximum atomic E-state index is 12.3. The number of rotatable bonds is 6. The number of carbonyl (C=O) groups is 2. The normalized spacial score (nSPS) is 18.3. The Morgan fingerprint density at radius 1 is 1.46 bits per heavy atom. The lowest BCUT2D eigenvalue weighted by atomic mass is 10.0. The number of carbonyl (C=O) groups excluding carboxylic acids is 2. The first-order valence-corrected chi connectivity index (χ1v) is 8.08. The van der Waals surface area contributed by atoms with Crippen LogP contribution in [-0.4, -0.2) is 49.3 Å². The van der Waals surface area contributed by atoms with Crippen molar-refractivity contribution >= 4 is 23.5 Å². The van der Waals surface area contributed by atoms with Crippen molar-refractivity contribution in [2.45, 2.75) is 32.4 Å². The van der Waals surface area contributed by atoms with Crippen LogP contribution in [0.5, 0.6) is 5.88 Å². The molecule has 0 radical (unpaired) electrons. The van der Waals surface area contributed by atoms with Crippen molar-refractivity contribution in [3.63, 3.8) is 0 Å². The van der Waals surface area contributed by atoms with Gasteiger partial charge in [-0.25, -0.2) is 9.78 Å². The molecule has 0 aliphatic carbocycles. The zero-order valence-electron chi connectivity index (χ0n) is 13.9. The largest absolute Gasteiger partial charge is 0.471 e. The zero-order valence-corrected chi connectivity index (χ0v) is 14.6. The molecule has 0 spiro atoms. The number of nitrogens with one attached hydrogen (secondary N) is 1. The summed E-state index contributed by atoms with van der Waals surface area (Å²) in [6, 6.07) is 0.719. The molecule has 0 aromatic carbocycles. The first kappa shape index (κ1) is 18.5. The van der Waals surface area contributed by atoms with E-state index in [4.69, 9.17) is 25.8 Å². The highest BCUT2D eigenvalue weighted by atomic mass is 35.5. The quantitative estimate of drug-likeness (QED) is 0.782. The van der Waals surface area contributed by atoms with Crippen LogP contribution < -0.4 is 10.1 Å². The van der Waals surface area contributed by atoms with Gasteiger partial charge in [-0.3, -0.25) is 4.79 Å². The summed E-state index contributed by atoms with van der Waals surface area (Å²) in [6.45, 7) is 4.77. The number of methoxy groups -OCH3 is 1. The minimum Gasteiger partial charge on any atom is -0.471 e. The minimum atomic E-state index is -0.743. The summed E-state index contributed by atoms with van der Waals surface area (Å²) in [7, 11) is 1.28. The molecule has 1 aromatic rings. The summed E-state index contributed by atoms with van der Waals surface area (Å²) < 4.78 is 15.6. The summed E-state index contributed by atoms with van der Waals surface area (Å²) in [4.78, 5) is 28.1. The average molecular weight is 357 g/mol. The molecular weight excluding hydrogens is 336 g/mol. The molecule has 2 rings (SSSR count). The van der Waals surface area contributed by atoms with E-state index in [0.717, 1.165) is 6.42 Å². The smallest absolute Gasteiger partial charge is 0.328 e.